The second-order valence-corrected chi connectivity index (χ2v) is 9.41. The molecule has 1 fully saturated rings. The van der Waals surface area contributed by atoms with Gasteiger partial charge in [0.05, 0.1) is 34.5 Å². The zero-order valence-electron chi connectivity index (χ0n) is 20.1. The molecule has 0 aliphatic carbocycles. The van der Waals surface area contributed by atoms with E-state index in [9.17, 15) is 4.79 Å². The molecule has 3 heterocycles. The summed E-state index contributed by atoms with van der Waals surface area (Å²) in [7, 11) is 0. The first-order chi connectivity index (χ1) is 18.7. The van der Waals surface area contributed by atoms with Crippen molar-refractivity contribution in [1.82, 2.24) is 15.1 Å². The van der Waals surface area contributed by atoms with Crippen LogP contribution in [0.25, 0.3) is 34.3 Å². The summed E-state index contributed by atoms with van der Waals surface area (Å²) in [4.78, 5) is 13.0. The standard InChI is InChI=1S/C30H21N5O2S/c36-29-28(38-30(32-29)33-31-20-25-12-7-17-37-25)18-21-13-15-24(16-14-21)35-27(23-10-5-2-6-11-23)19-26(34-35)22-8-3-1-4-9-22/h1-20H,(H,32,33,36)/b28-18+,31-20+. The van der Waals surface area contributed by atoms with Crippen molar-refractivity contribution in [2.24, 2.45) is 10.2 Å². The van der Waals surface area contributed by atoms with Gasteiger partial charge in [-0.3, -0.25) is 10.1 Å². The molecule has 1 N–H and O–H groups in total. The first kappa shape index (κ1) is 23.4. The molecule has 0 radical (unpaired) electrons. The molecule has 0 bridgehead atoms. The van der Waals surface area contributed by atoms with Crippen LogP contribution in [0.15, 0.2) is 129 Å². The molecule has 0 unspecified atom stereocenters. The molecule has 3 aromatic carbocycles. The van der Waals surface area contributed by atoms with Crippen molar-refractivity contribution < 1.29 is 9.21 Å². The Morgan fingerprint density at radius 3 is 2.32 bits per heavy atom. The van der Waals surface area contributed by atoms with Crippen LogP contribution in [0.3, 0.4) is 0 Å². The Balaban J connectivity index is 1.26. The SMILES string of the molecule is O=C1N/C(=N\N=C\c2ccco2)S/C1=C/c1ccc(-n2nc(-c3ccccc3)cc2-c2ccccc2)cc1. The van der Waals surface area contributed by atoms with Crippen molar-refractivity contribution in [2.45, 2.75) is 0 Å². The van der Waals surface area contributed by atoms with E-state index in [-0.39, 0.29) is 5.91 Å². The van der Waals surface area contributed by atoms with Gasteiger partial charge in [-0.15, -0.1) is 5.10 Å². The van der Waals surface area contributed by atoms with Crippen LogP contribution in [0, 0.1) is 0 Å². The van der Waals surface area contributed by atoms with Gasteiger partial charge in [-0.1, -0.05) is 72.8 Å². The number of aromatic nitrogens is 2. The lowest BCUT2D eigenvalue weighted by molar-refractivity contribution is -0.115. The number of carbonyl (C=O) groups excluding carboxylic acids is 1. The predicted molar refractivity (Wildman–Crippen MR) is 152 cm³/mol. The molecule has 0 spiro atoms. The van der Waals surface area contributed by atoms with Crippen molar-refractivity contribution in [2.75, 3.05) is 0 Å². The van der Waals surface area contributed by atoms with Gasteiger partial charge < -0.3 is 4.42 Å². The summed E-state index contributed by atoms with van der Waals surface area (Å²) in [5.74, 6) is 0.375. The number of rotatable bonds is 6. The number of amides is 1. The van der Waals surface area contributed by atoms with Crippen LogP contribution < -0.4 is 5.32 Å². The quantitative estimate of drug-likeness (QED) is 0.161. The van der Waals surface area contributed by atoms with Gasteiger partial charge >= 0.3 is 0 Å². The van der Waals surface area contributed by atoms with Gasteiger partial charge in [0.1, 0.15) is 5.76 Å². The molecule has 6 rings (SSSR count). The second-order valence-electron chi connectivity index (χ2n) is 8.38. The predicted octanol–water partition coefficient (Wildman–Crippen LogP) is 6.39. The summed E-state index contributed by atoms with van der Waals surface area (Å²) in [5, 5.41) is 16.1. The molecule has 0 saturated carbocycles. The fourth-order valence-electron chi connectivity index (χ4n) is 3.98. The zero-order chi connectivity index (χ0) is 25.7. The molecule has 8 heteroatoms. The maximum Gasteiger partial charge on any atom is 0.264 e. The fourth-order valence-corrected chi connectivity index (χ4v) is 4.76. The second kappa shape index (κ2) is 10.6. The summed E-state index contributed by atoms with van der Waals surface area (Å²) in [6.45, 7) is 0. The highest BCUT2D eigenvalue weighted by Crippen LogP contribution is 2.30. The molecular formula is C30H21N5O2S. The van der Waals surface area contributed by atoms with Crippen LogP contribution in [0.2, 0.25) is 0 Å². The monoisotopic (exact) mass is 515 g/mol. The van der Waals surface area contributed by atoms with E-state index in [1.54, 1.807) is 18.4 Å². The highest BCUT2D eigenvalue weighted by Gasteiger charge is 2.24. The highest BCUT2D eigenvalue weighted by molar-refractivity contribution is 8.18. The third-order valence-electron chi connectivity index (χ3n) is 5.81. The Hall–Kier alpha value is -4.95. The summed E-state index contributed by atoms with van der Waals surface area (Å²) in [6, 6.07) is 33.9. The Morgan fingerprint density at radius 2 is 1.61 bits per heavy atom. The molecule has 7 nitrogen and oxygen atoms in total. The van der Waals surface area contributed by atoms with Gasteiger partial charge in [-0.2, -0.15) is 10.2 Å². The number of carbonyl (C=O) groups is 1. The van der Waals surface area contributed by atoms with E-state index in [4.69, 9.17) is 9.52 Å². The minimum Gasteiger partial charge on any atom is -0.463 e. The maximum absolute atomic E-state index is 12.4. The Bertz CT molecular complexity index is 1650. The molecule has 2 aromatic heterocycles. The first-order valence-electron chi connectivity index (χ1n) is 11.9. The molecule has 1 amide bonds. The number of thioether (sulfide) groups is 1. The Labute approximate surface area is 223 Å². The van der Waals surface area contributed by atoms with Crippen LogP contribution in [-0.2, 0) is 4.79 Å². The lowest BCUT2D eigenvalue weighted by atomic mass is 10.1. The van der Waals surface area contributed by atoms with Gasteiger partial charge in [0.15, 0.2) is 5.17 Å². The van der Waals surface area contributed by atoms with E-state index in [2.05, 4.69) is 45.9 Å². The number of nitrogens with one attached hydrogen (secondary N) is 1. The highest BCUT2D eigenvalue weighted by atomic mass is 32.2. The van der Waals surface area contributed by atoms with E-state index < -0.39 is 0 Å². The number of benzene rings is 3. The molecule has 38 heavy (non-hydrogen) atoms. The minimum atomic E-state index is -0.211. The molecule has 1 aliphatic rings. The van der Waals surface area contributed by atoms with Crippen LogP contribution in [-0.4, -0.2) is 27.1 Å². The summed E-state index contributed by atoms with van der Waals surface area (Å²) in [5.41, 5.74) is 5.84. The largest absolute Gasteiger partial charge is 0.463 e. The average molecular weight is 516 g/mol. The lowest BCUT2D eigenvalue weighted by Crippen LogP contribution is -2.19. The van der Waals surface area contributed by atoms with Gasteiger partial charge in [0.2, 0.25) is 0 Å². The smallest absolute Gasteiger partial charge is 0.264 e. The lowest BCUT2D eigenvalue weighted by Gasteiger charge is -2.08. The summed E-state index contributed by atoms with van der Waals surface area (Å²) >= 11 is 1.24. The van der Waals surface area contributed by atoms with Gasteiger partial charge in [-0.05, 0) is 53.7 Å². The number of hydrogen-bond donors (Lipinski definition) is 1. The van der Waals surface area contributed by atoms with Crippen LogP contribution in [0.5, 0.6) is 0 Å². The molecular weight excluding hydrogens is 494 g/mol. The van der Waals surface area contributed by atoms with E-state index in [1.807, 2.05) is 71.4 Å². The third-order valence-corrected chi connectivity index (χ3v) is 6.71. The topological polar surface area (TPSA) is 84.8 Å². The van der Waals surface area contributed by atoms with Crippen LogP contribution >= 0.6 is 11.8 Å². The van der Waals surface area contributed by atoms with Gasteiger partial charge in [-0.25, -0.2) is 4.68 Å². The van der Waals surface area contributed by atoms with Crippen molar-refractivity contribution in [3.8, 4) is 28.2 Å². The summed E-state index contributed by atoms with van der Waals surface area (Å²) in [6.07, 6.45) is 4.88. The number of furan rings is 1. The molecule has 5 aromatic rings. The van der Waals surface area contributed by atoms with E-state index in [1.165, 1.54) is 18.0 Å². The van der Waals surface area contributed by atoms with Crippen molar-refractivity contribution in [1.29, 1.82) is 0 Å². The fraction of sp³-hybridized carbons (Fsp3) is 0. The molecule has 0 atom stereocenters. The van der Waals surface area contributed by atoms with Crippen molar-refractivity contribution >= 4 is 35.1 Å². The van der Waals surface area contributed by atoms with Gasteiger partial charge in [0.25, 0.3) is 5.91 Å². The molecule has 184 valence electrons. The van der Waals surface area contributed by atoms with Crippen molar-refractivity contribution in [3.05, 3.63) is 126 Å². The molecule has 1 saturated heterocycles. The Kier molecular flexibility index (Phi) is 6.53. The van der Waals surface area contributed by atoms with E-state index in [0.29, 0.717) is 15.8 Å². The van der Waals surface area contributed by atoms with Gasteiger partial charge in [0, 0.05) is 11.1 Å². The molecule has 1 aliphatic heterocycles. The normalized spacial score (nSPS) is 15.5. The van der Waals surface area contributed by atoms with Crippen LogP contribution in [0.1, 0.15) is 11.3 Å². The summed E-state index contributed by atoms with van der Waals surface area (Å²) < 4.78 is 7.14. The number of amidine groups is 1. The average Bonchev–Trinajstić information content (AvgIpc) is 3.71. The Morgan fingerprint density at radius 1 is 0.868 bits per heavy atom. The number of hydrogen-bond acceptors (Lipinski definition) is 6. The first-order valence-corrected chi connectivity index (χ1v) is 12.7. The minimum absolute atomic E-state index is 0.211. The van der Waals surface area contributed by atoms with E-state index >= 15 is 0 Å². The third kappa shape index (κ3) is 5.11. The van der Waals surface area contributed by atoms with Crippen LogP contribution in [0.4, 0.5) is 0 Å². The number of nitrogens with zero attached hydrogens (tertiary/aromatic N) is 4. The zero-order valence-corrected chi connectivity index (χ0v) is 20.9. The maximum atomic E-state index is 12.4. The van der Waals surface area contributed by atoms with E-state index in [0.717, 1.165) is 33.8 Å². The van der Waals surface area contributed by atoms with Crippen molar-refractivity contribution in [3.63, 3.8) is 0 Å².